The van der Waals surface area contributed by atoms with Crippen molar-refractivity contribution in [2.45, 2.75) is 30.1 Å². The van der Waals surface area contributed by atoms with Crippen molar-refractivity contribution in [1.82, 2.24) is 9.62 Å². The van der Waals surface area contributed by atoms with Crippen LogP contribution in [0.5, 0.6) is 17.2 Å². The lowest BCUT2D eigenvalue weighted by Gasteiger charge is -2.30. The number of aliphatic hydroxyl groups is 1. The number of fused-ring (bicyclic) bond motifs is 1. The summed E-state index contributed by atoms with van der Waals surface area (Å²) in [6.07, 6.45) is 1.29. The summed E-state index contributed by atoms with van der Waals surface area (Å²) in [5.74, 6) is 1.25. The zero-order valence-electron chi connectivity index (χ0n) is 23.7. The van der Waals surface area contributed by atoms with Gasteiger partial charge in [0.2, 0.25) is 23.1 Å². The van der Waals surface area contributed by atoms with Gasteiger partial charge in [-0.05, 0) is 53.6 Å². The first-order valence-electron chi connectivity index (χ1n) is 13.8. The number of methoxy groups -OCH3 is 1. The van der Waals surface area contributed by atoms with E-state index in [0.717, 1.165) is 15.4 Å². The molecule has 3 aromatic rings. The van der Waals surface area contributed by atoms with E-state index in [1.54, 1.807) is 18.2 Å². The third kappa shape index (κ3) is 7.46. The lowest BCUT2D eigenvalue weighted by atomic mass is 9.92. The Morgan fingerprint density at radius 2 is 1.79 bits per heavy atom. The van der Waals surface area contributed by atoms with Crippen LogP contribution in [0.2, 0.25) is 0 Å². The smallest absolute Gasteiger partial charge is 0.286 e. The lowest BCUT2D eigenvalue weighted by molar-refractivity contribution is -0.146. The third-order valence-electron chi connectivity index (χ3n) is 7.09. The normalized spacial score (nSPS) is 17.7. The quantitative estimate of drug-likeness (QED) is 0.300. The molecule has 0 bridgehead atoms. The first-order valence-corrected chi connectivity index (χ1v) is 15.3. The minimum absolute atomic E-state index is 0.0349. The summed E-state index contributed by atoms with van der Waals surface area (Å²) in [6, 6.07) is 21.1. The second-order valence-electron chi connectivity index (χ2n) is 9.88. The number of carbonyl (C=O) groups excluding carboxylic acids is 1. The fraction of sp³-hybridized carbons (Fsp3) is 0.323. The van der Waals surface area contributed by atoms with E-state index in [-0.39, 0.29) is 49.7 Å². The van der Waals surface area contributed by atoms with Crippen molar-refractivity contribution in [3.63, 3.8) is 0 Å². The molecular weight excluding hydrogens is 576 g/mol. The van der Waals surface area contributed by atoms with Crippen LogP contribution in [0.15, 0.2) is 89.5 Å². The van der Waals surface area contributed by atoms with Gasteiger partial charge in [-0.1, -0.05) is 36.4 Å². The second kappa shape index (κ2) is 13.9. The highest BCUT2D eigenvalue weighted by atomic mass is 32.2. The molecule has 0 aliphatic carbocycles. The SMILES string of the molecule is COc1ccc(S(=O)(=O)N(CCO)CCOC2CC(c3ccc4c(c3)OCO4)C=C(C(=O)NCc3ccccc3)O2)cc1. The van der Waals surface area contributed by atoms with E-state index in [4.69, 9.17) is 23.7 Å². The molecule has 2 aliphatic rings. The van der Waals surface area contributed by atoms with E-state index in [1.807, 2.05) is 48.5 Å². The molecule has 0 fully saturated rings. The van der Waals surface area contributed by atoms with Crippen LogP contribution in [0.3, 0.4) is 0 Å². The molecule has 0 saturated heterocycles. The van der Waals surface area contributed by atoms with Gasteiger partial charge in [0, 0.05) is 32.0 Å². The van der Waals surface area contributed by atoms with Crippen LogP contribution in [-0.2, 0) is 30.8 Å². The zero-order chi connectivity index (χ0) is 30.2. The van der Waals surface area contributed by atoms with Gasteiger partial charge < -0.3 is 34.1 Å². The number of sulfonamides is 1. The highest BCUT2D eigenvalue weighted by Crippen LogP contribution is 2.38. The van der Waals surface area contributed by atoms with Crippen molar-refractivity contribution < 1.29 is 42.0 Å². The molecule has 2 aliphatic heterocycles. The van der Waals surface area contributed by atoms with Crippen LogP contribution >= 0.6 is 0 Å². The Morgan fingerprint density at radius 3 is 2.53 bits per heavy atom. The molecule has 2 N–H and O–H groups in total. The number of nitrogens with zero attached hydrogens (tertiary/aromatic N) is 1. The zero-order valence-corrected chi connectivity index (χ0v) is 24.5. The number of carbonyl (C=O) groups is 1. The van der Waals surface area contributed by atoms with Gasteiger partial charge in [-0.25, -0.2) is 8.42 Å². The predicted molar refractivity (Wildman–Crippen MR) is 156 cm³/mol. The molecule has 228 valence electrons. The maximum atomic E-state index is 13.3. The molecule has 2 heterocycles. The Labute approximate surface area is 250 Å². The molecule has 2 unspecified atom stereocenters. The van der Waals surface area contributed by atoms with E-state index in [0.29, 0.717) is 30.2 Å². The fourth-order valence-corrected chi connectivity index (χ4v) is 6.22. The number of hydrogen-bond acceptors (Lipinski definition) is 9. The highest BCUT2D eigenvalue weighted by molar-refractivity contribution is 7.89. The molecule has 0 spiro atoms. The van der Waals surface area contributed by atoms with E-state index in [1.165, 1.54) is 19.2 Å². The number of amides is 1. The molecule has 2 atom stereocenters. The first kappa shape index (κ1) is 30.4. The lowest BCUT2D eigenvalue weighted by Crippen LogP contribution is -2.38. The Bertz CT molecular complexity index is 1530. The topological polar surface area (TPSA) is 133 Å². The number of allylic oxidation sites excluding steroid dienone is 1. The van der Waals surface area contributed by atoms with Crippen LogP contribution in [-0.4, -0.2) is 70.2 Å². The van der Waals surface area contributed by atoms with Crippen LogP contribution in [0.25, 0.3) is 0 Å². The Hall–Kier alpha value is -4.10. The summed E-state index contributed by atoms with van der Waals surface area (Å²) >= 11 is 0. The van der Waals surface area contributed by atoms with Gasteiger partial charge in [0.05, 0.1) is 25.2 Å². The summed E-state index contributed by atoms with van der Waals surface area (Å²) in [4.78, 5) is 13.2. The molecule has 3 aromatic carbocycles. The number of aliphatic hydroxyl groups excluding tert-OH is 1. The van der Waals surface area contributed by atoms with Crippen LogP contribution < -0.4 is 19.5 Å². The van der Waals surface area contributed by atoms with Gasteiger partial charge >= 0.3 is 0 Å². The second-order valence-corrected chi connectivity index (χ2v) is 11.8. The number of rotatable bonds is 13. The monoisotopic (exact) mass is 610 g/mol. The number of nitrogens with one attached hydrogen (secondary N) is 1. The summed E-state index contributed by atoms with van der Waals surface area (Å²) in [5, 5.41) is 12.5. The largest absolute Gasteiger partial charge is 0.497 e. The first-order chi connectivity index (χ1) is 20.9. The summed E-state index contributed by atoms with van der Waals surface area (Å²) in [7, 11) is -2.42. The fourth-order valence-electron chi connectivity index (χ4n) is 4.81. The van der Waals surface area contributed by atoms with Crippen molar-refractivity contribution in [2.75, 3.05) is 40.2 Å². The van der Waals surface area contributed by atoms with Crippen LogP contribution in [0, 0.1) is 0 Å². The van der Waals surface area contributed by atoms with E-state index < -0.39 is 22.2 Å². The van der Waals surface area contributed by atoms with Gasteiger partial charge in [0.1, 0.15) is 5.75 Å². The van der Waals surface area contributed by atoms with Crippen LogP contribution in [0.4, 0.5) is 0 Å². The Kier molecular flexibility index (Phi) is 9.82. The van der Waals surface area contributed by atoms with E-state index >= 15 is 0 Å². The maximum Gasteiger partial charge on any atom is 0.286 e. The molecule has 12 heteroatoms. The standard InChI is InChI=1S/C31H34N2O9S/c1-38-25-8-10-26(11-9-25)43(36,37)33(13-15-34)14-16-39-30-19-24(23-7-12-27-28(17-23)41-21-40-27)18-29(42-30)31(35)32-20-22-5-3-2-4-6-22/h2-12,17-18,24,30,34H,13-16,19-21H2,1H3,(H,32,35). The number of benzene rings is 3. The van der Waals surface area contributed by atoms with Gasteiger partial charge in [-0.3, -0.25) is 4.79 Å². The van der Waals surface area contributed by atoms with Gasteiger partial charge in [0.25, 0.3) is 5.91 Å². The number of ether oxygens (including phenoxy) is 5. The van der Waals surface area contributed by atoms with Crippen molar-refractivity contribution in [3.05, 3.63) is 95.8 Å². The van der Waals surface area contributed by atoms with E-state index in [2.05, 4.69) is 5.32 Å². The predicted octanol–water partition coefficient (Wildman–Crippen LogP) is 3.15. The number of hydrogen-bond donors (Lipinski definition) is 2. The summed E-state index contributed by atoms with van der Waals surface area (Å²) in [6.45, 7) is -0.0907. The molecule has 0 radical (unpaired) electrons. The minimum atomic E-state index is -3.91. The molecule has 11 nitrogen and oxygen atoms in total. The molecular formula is C31H34N2O9S. The van der Waals surface area contributed by atoms with Crippen molar-refractivity contribution in [3.8, 4) is 17.2 Å². The van der Waals surface area contributed by atoms with Gasteiger partial charge in [0.15, 0.2) is 17.3 Å². The molecule has 5 rings (SSSR count). The van der Waals surface area contributed by atoms with Crippen molar-refractivity contribution in [2.24, 2.45) is 0 Å². The molecule has 0 aromatic heterocycles. The average Bonchev–Trinajstić information content (AvgIpc) is 3.52. The van der Waals surface area contributed by atoms with Gasteiger partial charge in [-0.2, -0.15) is 4.31 Å². The minimum Gasteiger partial charge on any atom is -0.497 e. The summed E-state index contributed by atoms with van der Waals surface area (Å²) < 4.78 is 55.7. The molecule has 43 heavy (non-hydrogen) atoms. The van der Waals surface area contributed by atoms with E-state index in [9.17, 15) is 18.3 Å². The maximum absolute atomic E-state index is 13.3. The Morgan fingerprint density at radius 1 is 1.02 bits per heavy atom. The van der Waals surface area contributed by atoms with Gasteiger partial charge in [-0.15, -0.1) is 0 Å². The highest BCUT2D eigenvalue weighted by Gasteiger charge is 2.31. The summed E-state index contributed by atoms with van der Waals surface area (Å²) in [5.41, 5.74) is 1.83. The average molecular weight is 611 g/mol. The molecule has 1 amide bonds. The van der Waals surface area contributed by atoms with Crippen LogP contribution in [0.1, 0.15) is 23.5 Å². The van der Waals surface area contributed by atoms with Crippen molar-refractivity contribution >= 4 is 15.9 Å². The van der Waals surface area contributed by atoms with Crippen molar-refractivity contribution in [1.29, 1.82) is 0 Å². The third-order valence-corrected chi connectivity index (χ3v) is 9.01. The molecule has 0 saturated carbocycles. The Balaban J connectivity index is 1.28.